The van der Waals surface area contributed by atoms with Crippen LogP contribution in [0.4, 0.5) is 0 Å². The number of nitrogens with two attached hydrogens (primary N) is 1. The van der Waals surface area contributed by atoms with Crippen molar-refractivity contribution in [1.29, 1.82) is 0 Å². The summed E-state index contributed by atoms with van der Waals surface area (Å²) in [6.45, 7) is 0. The van der Waals surface area contributed by atoms with E-state index in [1.807, 2.05) is 62.6 Å². The lowest BCUT2D eigenvalue weighted by Crippen LogP contribution is -2.36. The molecule has 6 nitrogen and oxygen atoms in total. The molecule has 3 aromatic rings. The highest BCUT2D eigenvalue weighted by Gasteiger charge is 2.23. The van der Waals surface area contributed by atoms with Gasteiger partial charge in [0.1, 0.15) is 0 Å². The van der Waals surface area contributed by atoms with Crippen molar-refractivity contribution < 1.29 is 9.21 Å². The van der Waals surface area contributed by atoms with Crippen molar-refractivity contribution in [3.05, 3.63) is 70.2 Å². The Morgan fingerprint density at radius 2 is 1.85 bits per heavy atom. The first-order chi connectivity index (χ1) is 12.9. The van der Waals surface area contributed by atoms with Crippen molar-refractivity contribution in [2.24, 2.45) is 11.7 Å². The van der Waals surface area contributed by atoms with E-state index in [2.05, 4.69) is 9.88 Å². The Kier molecular flexibility index (Phi) is 5.76. The predicted octanol–water partition coefficient (Wildman–Crippen LogP) is 2.33. The van der Waals surface area contributed by atoms with E-state index in [9.17, 15) is 9.59 Å². The molecule has 0 fully saturated rings. The minimum absolute atomic E-state index is 0.134. The number of carbonyl (C=O) groups is 1. The first kappa shape index (κ1) is 18.9. The van der Waals surface area contributed by atoms with Gasteiger partial charge in [0.15, 0.2) is 5.58 Å². The number of benzene rings is 2. The van der Waals surface area contributed by atoms with Crippen molar-refractivity contribution in [1.82, 2.24) is 9.88 Å². The van der Waals surface area contributed by atoms with Crippen LogP contribution in [0.3, 0.4) is 0 Å². The number of aromatic amines is 1. The summed E-state index contributed by atoms with van der Waals surface area (Å²) in [5.41, 5.74) is 9.08. The van der Waals surface area contributed by atoms with Gasteiger partial charge in [0, 0.05) is 12.0 Å². The predicted molar refractivity (Wildman–Crippen MR) is 105 cm³/mol. The van der Waals surface area contributed by atoms with E-state index < -0.39 is 5.76 Å². The number of amides is 1. The van der Waals surface area contributed by atoms with E-state index in [0.29, 0.717) is 23.9 Å². The van der Waals surface area contributed by atoms with E-state index in [1.165, 1.54) is 0 Å². The summed E-state index contributed by atoms with van der Waals surface area (Å²) >= 11 is 0. The zero-order valence-electron chi connectivity index (χ0n) is 15.6. The number of carbonyl (C=O) groups excluding carboxylic acids is 1. The number of H-pyrrole nitrogens is 1. The molecule has 3 N–H and O–H groups in total. The molecule has 0 bridgehead atoms. The zero-order chi connectivity index (χ0) is 19.4. The summed E-state index contributed by atoms with van der Waals surface area (Å²) in [7, 11) is 4.00. The summed E-state index contributed by atoms with van der Waals surface area (Å²) in [5, 5.41) is 0. The number of hydrogen-bond acceptors (Lipinski definition) is 4. The average Bonchev–Trinajstić information content (AvgIpc) is 3.00. The topological polar surface area (TPSA) is 92.3 Å². The number of fused-ring (bicyclic) bond motifs is 1. The van der Waals surface area contributed by atoms with Gasteiger partial charge in [0.05, 0.1) is 5.52 Å². The highest BCUT2D eigenvalue weighted by molar-refractivity contribution is 5.77. The number of rotatable bonds is 8. The van der Waals surface area contributed by atoms with Crippen LogP contribution in [0.5, 0.6) is 0 Å². The summed E-state index contributed by atoms with van der Waals surface area (Å²) in [4.78, 5) is 28.1. The lowest BCUT2D eigenvalue weighted by molar-refractivity contribution is -0.122. The fourth-order valence-corrected chi connectivity index (χ4v) is 3.39. The number of nitrogens with zero attached hydrogens (tertiary/aromatic N) is 1. The van der Waals surface area contributed by atoms with Gasteiger partial charge >= 0.3 is 5.76 Å². The third kappa shape index (κ3) is 4.86. The molecule has 0 aliphatic carbocycles. The van der Waals surface area contributed by atoms with Crippen LogP contribution in [0.25, 0.3) is 11.1 Å². The summed E-state index contributed by atoms with van der Waals surface area (Å²) in [5.74, 6) is -0.977. The van der Waals surface area contributed by atoms with Gasteiger partial charge in [-0.05, 0) is 56.6 Å². The van der Waals surface area contributed by atoms with E-state index in [4.69, 9.17) is 10.2 Å². The minimum atomic E-state index is -0.456. The second kappa shape index (κ2) is 8.22. The zero-order valence-corrected chi connectivity index (χ0v) is 15.6. The Morgan fingerprint density at radius 3 is 2.52 bits per heavy atom. The van der Waals surface area contributed by atoms with Gasteiger partial charge in [0.2, 0.25) is 5.91 Å². The van der Waals surface area contributed by atoms with Crippen LogP contribution >= 0.6 is 0 Å². The van der Waals surface area contributed by atoms with E-state index in [0.717, 1.165) is 17.5 Å². The van der Waals surface area contributed by atoms with Gasteiger partial charge in [-0.1, -0.05) is 36.4 Å². The second-order valence-corrected chi connectivity index (χ2v) is 7.19. The lowest BCUT2D eigenvalue weighted by Gasteiger charge is -2.27. The highest BCUT2D eigenvalue weighted by Crippen LogP contribution is 2.21. The number of hydrogen-bond donors (Lipinski definition) is 2. The average molecular weight is 367 g/mol. The number of oxazole rings is 1. The molecule has 2 atom stereocenters. The van der Waals surface area contributed by atoms with Crippen molar-refractivity contribution in [3.63, 3.8) is 0 Å². The van der Waals surface area contributed by atoms with Crippen LogP contribution in [0.1, 0.15) is 17.5 Å². The molecule has 0 aliphatic rings. The van der Waals surface area contributed by atoms with Crippen LogP contribution in [-0.2, 0) is 17.6 Å². The summed E-state index contributed by atoms with van der Waals surface area (Å²) in [6.07, 6.45) is 2.02. The molecular formula is C21H25N3O3. The van der Waals surface area contributed by atoms with Gasteiger partial charge in [-0.3, -0.25) is 9.78 Å². The Labute approximate surface area is 158 Å². The molecule has 0 spiro atoms. The first-order valence-corrected chi connectivity index (χ1v) is 9.04. The third-order valence-electron chi connectivity index (χ3n) is 4.97. The third-order valence-corrected chi connectivity index (χ3v) is 4.97. The van der Waals surface area contributed by atoms with Crippen molar-refractivity contribution >= 4 is 17.0 Å². The molecule has 1 aromatic heterocycles. The van der Waals surface area contributed by atoms with Crippen molar-refractivity contribution in [2.75, 3.05) is 14.1 Å². The monoisotopic (exact) mass is 367 g/mol. The Morgan fingerprint density at radius 1 is 1.11 bits per heavy atom. The molecule has 142 valence electrons. The number of likely N-dealkylation sites (N-methyl/N-ethyl adjacent to an activating group) is 1. The van der Waals surface area contributed by atoms with Gasteiger partial charge in [-0.25, -0.2) is 4.79 Å². The van der Waals surface area contributed by atoms with Crippen LogP contribution in [0.2, 0.25) is 0 Å². The Bertz CT molecular complexity index is 959. The van der Waals surface area contributed by atoms with E-state index in [-0.39, 0.29) is 17.9 Å². The highest BCUT2D eigenvalue weighted by atomic mass is 16.4. The molecule has 1 unspecified atom stereocenters. The van der Waals surface area contributed by atoms with Crippen molar-refractivity contribution in [2.45, 2.75) is 25.3 Å². The molecule has 0 saturated heterocycles. The standard InChI is InChI=1S/C21H25N3O3/c1-24(2)17(11-15-8-9-18-19(12-15)27-21(26)23-18)13-16(20(22)25)10-14-6-4-3-5-7-14/h3-9,12,16-17H,10-11,13H2,1-2H3,(H2,22,25)(H,23,26)/t16?,17-/m1/s1. The van der Waals surface area contributed by atoms with Gasteiger partial charge < -0.3 is 15.1 Å². The fraction of sp³-hybridized carbons (Fsp3) is 0.333. The minimum Gasteiger partial charge on any atom is -0.408 e. The molecule has 0 aliphatic heterocycles. The number of primary amides is 1. The van der Waals surface area contributed by atoms with Crippen LogP contribution in [0.15, 0.2) is 57.7 Å². The number of nitrogens with one attached hydrogen (secondary N) is 1. The van der Waals surface area contributed by atoms with E-state index >= 15 is 0 Å². The maximum Gasteiger partial charge on any atom is 0.417 e. The second-order valence-electron chi connectivity index (χ2n) is 7.19. The van der Waals surface area contributed by atoms with Gasteiger partial charge in [-0.2, -0.15) is 0 Å². The molecule has 1 heterocycles. The van der Waals surface area contributed by atoms with E-state index in [1.54, 1.807) is 0 Å². The van der Waals surface area contributed by atoms with Gasteiger partial charge in [-0.15, -0.1) is 0 Å². The normalized spacial score (nSPS) is 13.7. The molecule has 0 radical (unpaired) electrons. The number of aromatic nitrogens is 1. The van der Waals surface area contributed by atoms with Crippen LogP contribution < -0.4 is 11.5 Å². The summed E-state index contributed by atoms with van der Waals surface area (Å²) < 4.78 is 5.15. The maximum absolute atomic E-state index is 12.0. The molecule has 0 saturated carbocycles. The van der Waals surface area contributed by atoms with Crippen LogP contribution in [0, 0.1) is 5.92 Å². The molecule has 6 heteroatoms. The molecular weight excluding hydrogens is 342 g/mol. The van der Waals surface area contributed by atoms with Crippen molar-refractivity contribution in [3.8, 4) is 0 Å². The molecule has 2 aromatic carbocycles. The van der Waals surface area contributed by atoms with Crippen LogP contribution in [-0.4, -0.2) is 35.9 Å². The Hall–Kier alpha value is -2.86. The molecule has 27 heavy (non-hydrogen) atoms. The Balaban J connectivity index is 1.76. The first-order valence-electron chi connectivity index (χ1n) is 9.04. The maximum atomic E-state index is 12.0. The smallest absolute Gasteiger partial charge is 0.408 e. The quantitative estimate of drug-likeness (QED) is 0.639. The fourth-order valence-electron chi connectivity index (χ4n) is 3.39. The SMILES string of the molecule is CN(C)[C@H](Cc1ccc2[nH]c(=O)oc2c1)CC(Cc1ccccc1)C(N)=O. The lowest BCUT2D eigenvalue weighted by atomic mass is 9.89. The molecule has 1 amide bonds. The van der Waals surface area contributed by atoms with Gasteiger partial charge in [0.25, 0.3) is 0 Å². The largest absolute Gasteiger partial charge is 0.417 e. The summed E-state index contributed by atoms with van der Waals surface area (Å²) in [6, 6.07) is 15.8. The molecule has 3 rings (SSSR count).